The number of hydrogen-bond donors (Lipinski definition) is 1. The summed E-state index contributed by atoms with van der Waals surface area (Å²) in [6.45, 7) is 14.7. The average molecular weight is 228 g/mol. The molecule has 0 saturated carbocycles. The molecule has 0 radical (unpaired) electrons. The van der Waals surface area contributed by atoms with E-state index in [0.29, 0.717) is 5.92 Å². The summed E-state index contributed by atoms with van der Waals surface area (Å²) >= 11 is 0. The Morgan fingerprint density at radius 1 is 1.06 bits per heavy atom. The second-order valence-electron chi connectivity index (χ2n) is 5.49. The molecule has 0 heterocycles. The van der Waals surface area contributed by atoms with Crippen LogP contribution in [0.2, 0.25) is 0 Å². The first-order chi connectivity index (χ1) is 7.54. The molecular weight excluding hydrogens is 196 g/mol. The summed E-state index contributed by atoms with van der Waals surface area (Å²) in [6.07, 6.45) is 3.76. The molecule has 0 aromatic carbocycles. The van der Waals surface area contributed by atoms with Crippen LogP contribution in [-0.4, -0.2) is 30.6 Å². The van der Waals surface area contributed by atoms with E-state index in [9.17, 15) is 0 Å². The van der Waals surface area contributed by atoms with E-state index in [1.54, 1.807) is 0 Å². The van der Waals surface area contributed by atoms with Crippen molar-refractivity contribution in [3.05, 3.63) is 0 Å². The van der Waals surface area contributed by atoms with E-state index in [1.165, 1.54) is 32.4 Å². The smallest absolute Gasteiger partial charge is 0.00901 e. The molecule has 2 N–H and O–H groups in total. The summed E-state index contributed by atoms with van der Waals surface area (Å²) in [5, 5.41) is 0. The molecule has 0 fully saturated rings. The van der Waals surface area contributed by atoms with Gasteiger partial charge in [0.25, 0.3) is 0 Å². The summed E-state index contributed by atoms with van der Waals surface area (Å²) < 4.78 is 0. The molecule has 1 atom stereocenters. The lowest BCUT2D eigenvalue weighted by molar-refractivity contribution is 0.157. The summed E-state index contributed by atoms with van der Waals surface area (Å²) in [6, 6.07) is 0.757. The lowest BCUT2D eigenvalue weighted by Gasteiger charge is -2.32. The van der Waals surface area contributed by atoms with E-state index in [4.69, 9.17) is 5.73 Å². The molecule has 0 aliphatic carbocycles. The van der Waals surface area contributed by atoms with Crippen LogP contribution in [0.5, 0.6) is 0 Å². The minimum Gasteiger partial charge on any atom is -0.330 e. The highest BCUT2D eigenvalue weighted by Gasteiger charge is 2.16. The molecule has 0 saturated heterocycles. The van der Waals surface area contributed by atoms with Crippen LogP contribution in [0.1, 0.15) is 53.9 Å². The highest BCUT2D eigenvalue weighted by atomic mass is 15.1. The standard InChI is InChI=1S/C14H32N2/c1-6-14(7-2)16(11-12(3)4)9-8-13(5)10-15/h12-14H,6-11,15H2,1-5H3. The minimum atomic E-state index is 0.657. The first-order valence-corrected chi connectivity index (χ1v) is 6.99. The summed E-state index contributed by atoms with van der Waals surface area (Å²) in [7, 11) is 0. The zero-order valence-corrected chi connectivity index (χ0v) is 12.0. The van der Waals surface area contributed by atoms with Crippen LogP contribution in [0.25, 0.3) is 0 Å². The third-order valence-corrected chi connectivity index (χ3v) is 3.37. The first kappa shape index (κ1) is 15.9. The number of nitrogens with zero attached hydrogens (tertiary/aromatic N) is 1. The highest BCUT2D eigenvalue weighted by Crippen LogP contribution is 2.13. The third-order valence-electron chi connectivity index (χ3n) is 3.37. The fourth-order valence-electron chi connectivity index (χ4n) is 2.20. The van der Waals surface area contributed by atoms with E-state index in [0.717, 1.165) is 18.5 Å². The minimum absolute atomic E-state index is 0.657. The highest BCUT2D eigenvalue weighted by molar-refractivity contribution is 4.71. The Kier molecular flexibility index (Phi) is 8.96. The number of rotatable bonds is 9. The van der Waals surface area contributed by atoms with Crippen molar-refractivity contribution in [2.24, 2.45) is 17.6 Å². The summed E-state index contributed by atoms with van der Waals surface area (Å²) in [5.41, 5.74) is 5.68. The molecule has 0 aromatic rings. The molecule has 2 heteroatoms. The Morgan fingerprint density at radius 2 is 1.62 bits per heavy atom. The Hall–Kier alpha value is -0.0800. The van der Waals surface area contributed by atoms with Crippen LogP contribution < -0.4 is 5.73 Å². The second-order valence-corrected chi connectivity index (χ2v) is 5.49. The molecule has 16 heavy (non-hydrogen) atoms. The van der Waals surface area contributed by atoms with Gasteiger partial charge in [-0.05, 0) is 44.2 Å². The fraction of sp³-hybridized carbons (Fsp3) is 1.00. The van der Waals surface area contributed by atoms with Crippen LogP contribution in [0.3, 0.4) is 0 Å². The van der Waals surface area contributed by atoms with Crippen molar-refractivity contribution in [2.45, 2.75) is 59.9 Å². The monoisotopic (exact) mass is 228 g/mol. The van der Waals surface area contributed by atoms with Gasteiger partial charge in [-0.15, -0.1) is 0 Å². The van der Waals surface area contributed by atoms with Crippen LogP contribution in [0.15, 0.2) is 0 Å². The maximum atomic E-state index is 5.68. The third kappa shape index (κ3) is 6.49. The fourth-order valence-corrected chi connectivity index (χ4v) is 2.20. The maximum absolute atomic E-state index is 5.68. The first-order valence-electron chi connectivity index (χ1n) is 6.99. The van der Waals surface area contributed by atoms with Crippen molar-refractivity contribution < 1.29 is 0 Å². The molecular formula is C14H32N2. The van der Waals surface area contributed by atoms with Gasteiger partial charge < -0.3 is 10.6 Å². The van der Waals surface area contributed by atoms with Crippen molar-refractivity contribution in [1.82, 2.24) is 4.90 Å². The van der Waals surface area contributed by atoms with E-state index in [1.807, 2.05) is 0 Å². The van der Waals surface area contributed by atoms with E-state index in [-0.39, 0.29) is 0 Å². The Labute approximate surface area is 103 Å². The van der Waals surface area contributed by atoms with E-state index >= 15 is 0 Å². The predicted octanol–water partition coefficient (Wildman–Crippen LogP) is 3.12. The maximum Gasteiger partial charge on any atom is 0.00901 e. The zero-order valence-electron chi connectivity index (χ0n) is 12.0. The second kappa shape index (κ2) is 9.00. The molecule has 0 bridgehead atoms. The van der Waals surface area contributed by atoms with Gasteiger partial charge in [-0.2, -0.15) is 0 Å². The van der Waals surface area contributed by atoms with Gasteiger partial charge in [0.2, 0.25) is 0 Å². The lowest BCUT2D eigenvalue weighted by Crippen LogP contribution is -2.38. The van der Waals surface area contributed by atoms with Crippen molar-refractivity contribution in [1.29, 1.82) is 0 Å². The van der Waals surface area contributed by atoms with Crippen LogP contribution >= 0.6 is 0 Å². The molecule has 0 amide bonds. The van der Waals surface area contributed by atoms with Crippen LogP contribution in [0.4, 0.5) is 0 Å². The van der Waals surface area contributed by atoms with Crippen LogP contribution in [-0.2, 0) is 0 Å². The van der Waals surface area contributed by atoms with Crippen molar-refractivity contribution in [3.8, 4) is 0 Å². The zero-order chi connectivity index (χ0) is 12.6. The Balaban J connectivity index is 4.18. The van der Waals surface area contributed by atoms with Gasteiger partial charge in [0.1, 0.15) is 0 Å². The van der Waals surface area contributed by atoms with Gasteiger partial charge >= 0.3 is 0 Å². The summed E-state index contributed by atoms with van der Waals surface area (Å²) in [5.74, 6) is 1.41. The topological polar surface area (TPSA) is 29.3 Å². The predicted molar refractivity (Wildman–Crippen MR) is 73.6 cm³/mol. The average Bonchev–Trinajstić information content (AvgIpc) is 2.26. The van der Waals surface area contributed by atoms with Crippen molar-refractivity contribution >= 4 is 0 Å². The lowest BCUT2D eigenvalue weighted by atomic mass is 10.0. The number of nitrogens with two attached hydrogens (primary N) is 1. The SMILES string of the molecule is CCC(CC)N(CCC(C)CN)CC(C)C. The molecule has 0 aliphatic rings. The normalized spacial score (nSPS) is 14.1. The van der Waals surface area contributed by atoms with Crippen molar-refractivity contribution in [3.63, 3.8) is 0 Å². The molecule has 1 unspecified atom stereocenters. The van der Waals surface area contributed by atoms with Gasteiger partial charge in [-0.3, -0.25) is 0 Å². The van der Waals surface area contributed by atoms with Crippen molar-refractivity contribution in [2.75, 3.05) is 19.6 Å². The van der Waals surface area contributed by atoms with Gasteiger partial charge in [-0.1, -0.05) is 34.6 Å². The van der Waals surface area contributed by atoms with E-state index < -0.39 is 0 Å². The Morgan fingerprint density at radius 3 is 2.00 bits per heavy atom. The largest absolute Gasteiger partial charge is 0.330 e. The molecule has 0 spiro atoms. The van der Waals surface area contributed by atoms with Crippen LogP contribution in [0, 0.1) is 11.8 Å². The molecule has 0 aromatic heterocycles. The molecule has 2 nitrogen and oxygen atoms in total. The summed E-state index contributed by atoms with van der Waals surface area (Å²) in [4.78, 5) is 2.66. The van der Waals surface area contributed by atoms with E-state index in [2.05, 4.69) is 39.5 Å². The molecule has 0 rings (SSSR count). The quantitative estimate of drug-likeness (QED) is 0.657. The van der Waals surface area contributed by atoms with Gasteiger partial charge in [-0.25, -0.2) is 0 Å². The van der Waals surface area contributed by atoms with Gasteiger partial charge in [0, 0.05) is 12.6 Å². The van der Waals surface area contributed by atoms with Gasteiger partial charge in [0.05, 0.1) is 0 Å². The molecule has 0 aliphatic heterocycles. The Bertz CT molecular complexity index is 153. The number of hydrogen-bond acceptors (Lipinski definition) is 2. The van der Waals surface area contributed by atoms with Gasteiger partial charge in [0.15, 0.2) is 0 Å². The molecule has 98 valence electrons.